The third kappa shape index (κ3) is 4.17. The van der Waals surface area contributed by atoms with Crippen molar-refractivity contribution in [1.29, 1.82) is 5.26 Å². The summed E-state index contributed by atoms with van der Waals surface area (Å²) in [5.74, 6) is -1.85. The van der Waals surface area contributed by atoms with Crippen LogP contribution in [-0.2, 0) is 15.1 Å². The van der Waals surface area contributed by atoms with Gasteiger partial charge < -0.3 is 15.4 Å². The molecule has 4 amide bonds. The summed E-state index contributed by atoms with van der Waals surface area (Å²) in [7, 11) is 0. The van der Waals surface area contributed by atoms with Crippen molar-refractivity contribution in [3.05, 3.63) is 29.8 Å². The molecule has 11 heteroatoms. The number of nitrogens with one attached hydrogen (secondary N) is 2. The molecule has 0 bridgehead atoms. The van der Waals surface area contributed by atoms with Crippen LogP contribution in [0.5, 0.6) is 5.75 Å². The second-order valence-electron chi connectivity index (χ2n) is 7.66. The molecule has 1 heterocycles. The number of amides is 4. The number of nitriles is 1. The van der Waals surface area contributed by atoms with Gasteiger partial charge in [0.2, 0.25) is 5.91 Å². The first kappa shape index (κ1) is 21.4. The maximum Gasteiger partial charge on any atom is 0.573 e. The molecule has 1 aromatic carbocycles. The standard InChI is InChI=1S/C19H19F3N4O4/c1-17(10-23,11-3-4-11)24-14(27)9-26-15(28)18(2,25-16(26)29)12-5-7-13(8-6-12)30-19(20,21)22/h5-8,11H,3-4,9H2,1-2H3,(H,24,27)(H,25,29)/t17-,18+/m1/s1. The van der Waals surface area contributed by atoms with Crippen molar-refractivity contribution in [3.63, 3.8) is 0 Å². The van der Waals surface area contributed by atoms with E-state index in [0.29, 0.717) is 4.90 Å². The Kier molecular flexibility index (Phi) is 5.14. The molecule has 0 aromatic heterocycles. The predicted molar refractivity (Wildman–Crippen MR) is 95.6 cm³/mol. The minimum absolute atomic E-state index is 0.0252. The van der Waals surface area contributed by atoms with E-state index < -0.39 is 47.6 Å². The van der Waals surface area contributed by atoms with Gasteiger partial charge >= 0.3 is 12.4 Å². The highest BCUT2D eigenvalue weighted by Crippen LogP contribution is 2.39. The highest BCUT2D eigenvalue weighted by atomic mass is 19.4. The summed E-state index contributed by atoms with van der Waals surface area (Å²) >= 11 is 0. The highest BCUT2D eigenvalue weighted by molar-refractivity contribution is 6.09. The Balaban J connectivity index is 1.72. The van der Waals surface area contributed by atoms with Crippen LogP contribution in [0.4, 0.5) is 18.0 Å². The van der Waals surface area contributed by atoms with Crippen LogP contribution in [0.25, 0.3) is 0 Å². The number of carbonyl (C=O) groups excluding carboxylic acids is 3. The Bertz CT molecular complexity index is 923. The zero-order valence-electron chi connectivity index (χ0n) is 16.2. The van der Waals surface area contributed by atoms with E-state index in [9.17, 15) is 32.8 Å². The number of benzene rings is 1. The Morgan fingerprint density at radius 2 is 1.93 bits per heavy atom. The van der Waals surface area contributed by atoms with E-state index in [1.54, 1.807) is 6.92 Å². The van der Waals surface area contributed by atoms with Crippen LogP contribution < -0.4 is 15.4 Å². The Hall–Kier alpha value is -3.29. The van der Waals surface area contributed by atoms with Crippen LogP contribution >= 0.6 is 0 Å². The largest absolute Gasteiger partial charge is 0.573 e. The van der Waals surface area contributed by atoms with Gasteiger partial charge in [0, 0.05) is 0 Å². The second kappa shape index (κ2) is 7.19. The Morgan fingerprint density at radius 3 is 2.43 bits per heavy atom. The summed E-state index contributed by atoms with van der Waals surface area (Å²) in [5, 5.41) is 14.4. The van der Waals surface area contributed by atoms with E-state index in [1.165, 1.54) is 19.1 Å². The van der Waals surface area contributed by atoms with E-state index in [-0.39, 0.29) is 11.5 Å². The van der Waals surface area contributed by atoms with Gasteiger partial charge in [-0.15, -0.1) is 13.2 Å². The lowest BCUT2D eigenvalue weighted by Crippen LogP contribution is -2.51. The first-order chi connectivity index (χ1) is 13.9. The molecular formula is C19H19F3N4O4. The zero-order chi connectivity index (χ0) is 22.3. The number of rotatable bonds is 6. The number of hydrogen-bond donors (Lipinski definition) is 2. The maximum absolute atomic E-state index is 12.9. The van der Waals surface area contributed by atoms with Crippen molar-refractivity contribution < 1.29 is 32.3 Å². The zero-order valence-corrected chi connectivity index (χ0v) is 16.2. The molecule has 2 N–H and O–H groups in total. The number of urea groups is 1. The lowest BCUT2D eigenvalue weighted by atomic mass is 9.92. The maximum atomic E-state index is 12.9. The van der Waals surface area contributed by atoms with Crippen LogP contribution in [-0.4, -0.2) is 41.2 Å². The molecule has 0 spiro atoms. The minimum atomic E-state index is -4.86. The fourth-order valence-electron chi connectivity index (χ4n) is 3.38. The minimum Gasteiger partial charge on any atom is -0.406 e. The number of alkyl halides is 3. The van der Waals surface area contributed by atoms with Crippen LogP contribution in [0.2, 0.25) is 0 Å². The number of halogens is 3. The lowest BCUT2D eigenvalue weighted by molar-refractivity contribution is -0.274. The molecule has 2 atom stereocenters. The molecule has 1 saturated carbocycles. The number of hydrogen-bond acceptors (Lipinski definition) is 5. The fourth-order valence-corrected chi connectivity index (χ4v) is 3.38. The van der Waals surface area contributed by atoms with E-state index in [1.807, 2.05) is 0 Å². The van der Waals surface area contributed by atoms with E-state index >= 15 is 0 Å². The summed E-state index contributed by atoms with van der Waals surface area (Å²) in [6.45, 7) is 2.39. The average Bonchev–Trinajstić information content (AvgIpc) is 3.47. The molecule has 0 unspecified atom stereocenters. The van der Waals surface area contributed by atoms with Crippen molar-refractivity contribution in [2.24, 2.45) is 5.92 Å². The van der Waals surface area contributed by atoms with Crippen LogP contribution in [0, 0.1) is 17.2 Å². The van der Waals surface area contributed by atoms with Crippen LogP contribution in [0.3, 0.4) is 0 Å². The van der Waals surface area contributed by atoms with E-state index in [0.717, 1.165) is 25.0 Å². The van der Waals surface area contributed by atoms with Crippen molar-refractivity contribution in [3.8, 4) is 11.8 Å². The van der Waals surface area contributed by atoms with Crippen molar-refractivity contribution in [1.82, 2.24) is 15.5 Å². The summed E-state index contributed by atoms with van der Waals surface area (Å²) in [5.41, 5.74) is -2.42. The third-order valence-electron chi connectivity index (χ3n) is 5.27. The molecule has 30 heavy (non-hydrogen) atoms. The number of carbonyl (C=O) groups is 3. The average molecular weight is 424 g/mol. The topological polar surface area (TPSA) is 112 Å². The van der Waals surface area contributed by atoms with Gasteiger partial charge in [-0.05, 0) is 50.3 Å². The van der Waals surface area contributed by atoms with Gasteiger partial charge in [0.15, 0.2) is 0 Å². The van der Waals surface area contributed by atoms with E-state index in [4.69, 9.17) is 0 Å². The monoisotopic (exact) mass is 424 g/mol. The number of imide groups is 1. The highest BCUT2D eigenvalue weighted by Gasteiger charge is 2.50. The van der Waals surface area contributed by atoms with Gasteiger partial charge in [0.25, 0.3) is 5.91 Å². The number of ether oxygens (including phenoxy) is 1. The molecule has 1 saturated heterocycles. The third-order valence-corrected chi connectivity index (χ3v) is 5.27. The molecule has 160 valence electrons. The lowest BCUT2D eigenvalue weighted by Gasteiger charge is -2.25. The van der Waals surface area contributed by atoms with Gasteiger partial charge in [0.05, 0.1) is 6.07 Å². The van der Waals surface area contributed by atoms with Crippen molar-refractivity contribution in [2.45, 2.75) is 44.1 Å². The van der Waals surface area contributed by atoms with Gasteiger partial charge in [-0.1, -0.05) is 12.1 Å². The SMILES string of the molecule is C[C@](C#N)(NC(=O)CN1C(=O)N[C@@](C)(c2ccc(OC(F)(F)F)cc2)C1=O)C1CC1. The van der Waals surface area contributed by atoms with Gasteiger partial charge in [-0.25, -0.2) is 4.79 Å². The molecule has 1 aliphatic heterocycles. The van der Waals surface area contributed by atoms with Gasteiger partial charge in [-0.3, -0.25) is 14.5 Å². The van der Waals surface area contributed by atoms with Gasteiger partial charge in [-0.2, -0.15) is 5.26 Å². The van der Waals surface area contributed by atoms with Crippen molar-refractivity contribution in [2.75, 3.05) is 6.54 Å². The first-order valence-electron chi connectivity index (χ1n) is 9.10. The number of nitrogens with zero attached hydrogens (tertiary/aromatic N) is 2. The molecule has 8 nitrogen and oxygen atoms in total. The normalized spacial score (nSPS) is 23.4. The molecule has 1 aromatic rings. The first-order valence-corrected chi connectivity index (χ1v) is 9.10. The molecular weight excluding hydrogens is 405 g/mol. The predicted octanol–water partition coefficient (Wildman–Crippen LogP) is 2.16. The molecule has 0 radical (unpaired) electrons. The Morgan fingerprint density at radius 1 is 1.33 bits per heavy atom. The fraction of sp³-hybridized carbons (Fsp3) is 0.474. The Labute approximate surface area is 170 Å². The molecule has 3 rings (SSSR count). The summed E-state index contributed by atoms with van der Waals surface area (Å²) in [4.78, 5) is 38.2. The molecule has 1 aliphatic carbocycles. The smallest absolute Gasteiger partial charge is 0.406 e. The summed E-state index contributed by atoms with van der Waals surface area (Å²) in [6.07, 6.45) is -3.25. The van der Waals surface area contributed by atoms with Crippen molar-refractivity contribution >= 4 is 17.8 Å². The summed E-state index contributed by atoms with van der Waals surface area (Å²) in [6, 6.07) is 5.73. The second-order valence-corrected chi connectivity index (χ2v) is 7.66. The molecule has 2 aliphatic rings. The quantitative estimate of drug-likeness (QED) is 0.680. The van der Waals surface area contributed by atoms with Crippen LogP contribution in [0.1, 0.15) is 32.3 Å². The molecule has 2 fully saturated rings. The van der Waals surface area contributed by atoms with Gasteiger partial charge in [0.1, 0.15) is 23.4 Å². The van der Waals surface area contributed by atoms with E-state index in [2.05, 4.69) is 21.4 Å². The summed E-state index contributed by atoms with van der Waals surface area (Å²) < 4.78 is 40.7. The van der Waals surface area contributed by atoms with Crippen LogP contribution in [0.15, 0.2) is 24.3 Å².